The van der Waals surface area contributed by atoms with Crippen LogP contribution in [0.4, 0.5) is 0 Å². The topological polar surface area (TPSA) is 26.0 Å². The van der Waals surface area contributed by atoms with Crippen LogP contribution in [0.15, 0.2) is 47.4 Å². The lowest BCUT2D eigenvalue weighted by Gasteiger charge is -2.07. The summed E-state index contributed by atoms with van der Waals surface area (Å²) >= 11 is 14.0. The fourth-order valence-corrected chi connectivity index (χ4v) is 3.13. The van der Waals surface area contributed by atoms with Crippen molar-refractivity contribution in [3.05, 3.63) is 63.6 Å². The highest BCUT2D eigenvalue weighted by atomic mass is 35.5. The van der Waals surface area contributed by atoms with Gasteiger partial charge in [0.15, 0.2) is 0 Å². The molecule has 0 atom stereocenters. The van der Waals surface area contributed by atoms with Crippen LogP contribution in [0.25, 0.3) is 0 Å². The molecule has 0 saturated carbocycles. The molecule has 4 heteroatoms. The number of thioether (sulfide) groups is 1. The van der Waals surface area contributed by atoms with Crippen LogP contribution in [0.3, 0.4) is 0 Å². The van der Waals surface area contributed by atoms with Crippen molar-refractivity contribution in [1.82, 2.24) is 0 Å². The third-order valence-corrected chi connectivity index (χ3v) is 4.49. The smallest absolute Gasteiger partial charge is 0.0545 e. The van der Waals surface area contributed by atoms with Crippen LogP contribution >= 0.6 is 35.0 Å². The Hall–Kier alpha value is -0.670. The average Bonchev–Trinajstić information content (AvgIpc) is 2.39. The van der Waals surface area contributed by atoms with Gasteiger partial charge in [0.1, 0.15) is 0 Å². The highest BCUT2D eigenvalue weighted by Gasteiger charge is 2.04. The van der Waals surface area contributed by atoms with E-state index in [1.165, 1.54) is 0 Å². The van der Waals surface area contributed by atoms with Gasteiger partial charge in [0.2, 0.25) is 0 Å². The molecule has 0 saturated heterocycles. The predicted octanol–water partition coefficient (Wildman–Crippen LogP) is 4.74. The van der Waals surface area contributed by atoms with Crippen LogP contribution in [0, 0.1) is 0 Å². The molecule has 0 radical (unpaired) electrons. The number of benzene rings is 2. The summed E-state index contributed by atoms with van der Waals surface area (Å²) in [6.07, 6.45) is 0. The minimum atomic E-state index is 0.509. The Kier molecular flexibility index (Phi) is 4.95. The van der Waals surface area contributed by atoms with E-state index < -0.39 is 0 Å². The highest BCUT2D eigenvalue weighted by Crippen LogP contribution is 2.32. The van der Waals surface area contributed by atoms with E-state index in [-0.39, 0.29) is 0 Å². The third-order valence-electron chi connectivity index (χ3n) is 2.57. The summed E-state index contributed by atoms with van der Waals surface area (Å²) in [5.74, 6) is 0.807. The highest BCUT2D eigenvalue weighted by molar-refractivity contribution is 7.98. The van der Waals surface area contributed by atoms with E-state index in [9.17, 15) is 0 Å². The standard InChI is InChI=1S/C14H13Cl2NS/c15-12-4-2-1-3-11(12)9-18-14-6-5-10(8-17)7-13(14)16/h1-7H,8-9,17H2. The summed E-state index contributed by atoms with van der Waals surface area (Å²) in [5.41, 5.74) is 7.73. The van der Waals surface area contributed by atoms with Gasteiger partial charge in [0, 0.05) is 22.2 Å². The van der Waals surface area contributed by atoms with Crippen LogP contribution in [0.2, 0.25) is 10.0 Å². The zero-order chi connectivity index (χ0) is 13.0. The average molecular weight is 298 g/mol. The maximum Gasteiger partial charge on any atom is 0.0545 e. The Morgan fingerprint density at radius 2 is 1.78 bits per heavy atom. The molecule has 0 aliphatic carbocycles. The molecule has 0 aliphatic heterocycles. The number of hydrogen-bond donors (Lipinski definition) is 1. The van der Waals surface area contributed by atoms with Gasteiger partial charge in [-0.3, -0.25) is 0 Å². The second-order valence-electron chi connectivity index (χ2n) is 3.85. The Morgan fingerprint density at radius 1 is 1.00 bits per heavy atom. The summed E-state index contributed by atoms with van der Waals surface area (Å²) in [6, 6.07) is 13.8. The number of rotatable bonds is 4. The van der Waals surface area contributed by atoms with Gasteiger partial charge in [-0.2, -0.15) is 0 Å². The minimum absolute atomic E-state index is 0.509. The van der Waals surface area contributed by atoms with Crippen LogP contribution in [0.1, 0.15) is 11.1 Å². The van der Waals surface area contributed by atoms with E-state index >= 15 is 0 Å². The Balaban J connectivity index is 2.09. The predicted molar refractivity (Wildman–Crippen MR) is 80.4 cm³/mol. The van der Waals surface area contributed by atoms with E-state index in [0.717, 1.165) is 31.8 Å². The summed E-state index contributed by atoms with van der Waals surface area (Å²) in [4.78, 5) is 1.05. The molecule has 2 N–H and O–H groups in total. The van der Waals surface area contributed by atoms with Gasteiger partial charge in [-0.15, -0.1) is 11.8 Å². The molecule has 0 fully saturated rings. The van der Waals surface area contributed by atoms with Gasteiger partial charge in [0.05, 0.1) is 5.02 Å². The molecular weight excluding hydrogens is 285 g/mol. The second-order valence-corrected chi connectivity index (χ2v) is 5.68. The van der Waals surface area contributed by atoms with E-state index in [0.29, 0.717) is 6.54 Å². The molecule has 0 aliphatic rings. The fourth-order valence-electron chi connectivity index (χ4n) is 1.56. The van der Waals surface area contributed by atoms with Crippen molar-refractivity contribution >= 4 is 35.0 Å². The minimum Gasteiger partial charge on any atom is -0.326 e. The molecule has 0 heterocycles. The summed E-state index contributed by atoms with van der Waals surface area (Å²) < 4.78 is 0. The normalized spacial score (nSPS) is 10.6. The monoisotopic (exact) mass is 297 g/mol. The van der Waals surface area contributed by atoms with Gasteiger partial charge < -0.3 is 5.73 Å². The van der Waals surface area contributed by atoms with Gasteiger partial charge >= 0.3 is 0 Å². The number of nitrogens with two attached hydrogens (primary N) is 1. The third kappa shape index (κ3) is 3.42. The maximum atomic E-state index is 6.20. The Bertz CT molecular complexity index is 543. The van der Waals surface area contributed by atoms with Crippen molar-refractivity contribution in [2.75, 3.05) is 0 Å². The first-order chi connectivity index (χ1) is 8.70. The first-order valence-electron chi connectivity index (χ1n) is 5.55. The zero-order valence-electron chi connectivity index (χ0n) is 9.70. The van der Waals surface area contributed by atoms with Crippen molar-refractivity contribution in [3.63, 3.8) is 0 Å². The largest absolute Gasteiger partial charge is 0.326 e. The SMILES string of the molecule is NCc1ccc(SCc2ccccc2Cl)c(Cl)c1. The van der Waals surface area contributed by atoms with Gasteiger partial charge in [-0.25, -0.2) is 0 Å². The molecule has 2 rings (SSSR count). The molecular formula is C14H13Cl2NS. The summed E-state index contributed by atoms with van der Waals surface area (Å²) in [7, 11) is 0. The van der Waals surface area contributed by atoms with Gasteiger partial charge in [-0.05, 0) is 29.3 Å². The molecule has 0 bridgehead atoms. The van der Waals surface area contributed by atoms with Crippen molar-refractivity contribution in [2.45, 2.75) is 17.2 Å². The fraction of sp³-hybridized carbons (Fsp3) is 0.143. The second kappa shape index (κ2) is 6.48. The summed E-state index contributed by atoms with van der Waals surface area (Å²) in [6.45, 7) is 0.509. The molecule has 18 heavy (non-hydrogen) atoms. The Morgan fingerprint density at radius 3 is 2.44 bits per heavy atom. The lowest BCUT2D eigenvalue weighted by molar-refractivity contribution is 1.07. The molecule has 94 valence electrons. The van der Waals surface area contributed by atoms with E-state index in [1.807, 2.05) is 42.5 Å². The van der Waals surface area contributed by atoms with Crippen molar-refractivity contribution < 1.29 is 0 Å². The van der Waals surface area contributed by atoms with Gasteiger partial charge in [-0.1, -0.05) is 47.5 Å². The van der Waals surface area contributed by atoms with E-state index in [1.54, 1.807) is 11.8 Å². The van der Waals surface area contributed by atoms with Crippen LogP contribution in [-0.2, 0) is 12.3 Å². The molecule has 1 nitrogen and oxygen atoms in total. The van der Waals surface area contributed by atoms with Crippen LogP contribution in [0.5, 0.6) is 0 Å². The molecule has 0 spiro atoms. The lowest BCUT2D eigenvalue weighted by Crippen LogP contribution is -1.95. The quantitative estimate of drug-likeness (QED) is 0.825. The molecule has 0 aromatic heterocycles. The zero-order valence-corrected chi connectivity index (χ0v) is 12.0. The first-order valence-corrected chi connectivity index (χ1v) is 7.29. The number of hydrogen-bond acceptors (Lipinski definition) is 2. The molecule has 0 unspecified atom stereocenters. The van der Waals surface area contributed by atoms with E-state index in [2.05, 4.69) is 0 Å². The van der Waals surface area contributed by atoms with Crippen LogP contribution in [-0.4, -0.2) is 0 Å². The molecule has 0 amide bonds. The molecule has 2 aromatic carbocycles. The van der Waals surface area contributed by atoms with E-state index in [4.69, 9.17) is 28.9 Å². The lowest BCUT2D eigenvalue weighted by atomic mass is 10.2. The van der Waals surface area contributed by atoms with Crippen molar-refractivity contribution in [1.29, 1.82) is 0 Å². The van der Waals surface area contributed by atoms with Gasteiger partial charge in [0.25, 0.3) is 0 Å². The Labute approximate surface area is 121 Å². The van der Waals surface area contributed by atoms with Crippen molar-refractivity contribution in [2.24, 2.45) is 5.73 Å². The summed E-state index contributed by atoms with van der Waals surface area (Å²) in [5, 5.41) is 1.54. The molecule has 2 aromatic rings. The maximum absolute atomic E-state index is 6.20. The number of halogens is 2. The van der Waals surface area contributed by atoms with Crippen molar-refractivity contribution in [3.8, 4) is 0 Å². The first kappa shape index (κ1) is 13.8. The van der Waals surface area contributed by atoms with Crippen LogP contribution < -0.4 is 5.73 Å².